The number of hydrogen-bond donors (Lipinski definition) is 2. The Bertz CT molecular complexity index is 432. The molecule has 18 heavy (non-hydrogen) atoms. The summed E-state index contributed by atoms with van der Waals surface area (Å²) < 4.78 is 1.85. The van der Waals surface area contributed by atoms with Crippen LogP contribution in [0.4, 0.5) is 4.79 Å². The van der Waals surface area contributed by atoms with Crippen molar-refractivity contribution in [3.63, 3.8) is 0 Å². The Morgan fingerprint density at radius 3 is 2.61 bits per heavy atom. The van der Waals surface area contributed by atoms with Crippen molar-refractivity contribution in [3.8, 4) is 0 Å². The summed E-state index contributed by atoms with van der Waals surface area (Å²) in [6, 6.07) is 0.297. The summed E-state index contributed by atoms with van der Waals surface area (Å²) in [4.78, 5) is 11.8. The van der Waals surface area contributed by atoms with Gasteiger partial charge in [-0.15, -0.1) is 0 Å². The molecule has 0 atom stereocenters. The van der Waals surface area contributed by atoms with Crippen LogP contribution >= 0.6 is 0 Å². The van der Waals surface area contributed by atoms with Gasteiger partial charge in [0.15, 0.2) is 0 Å². The average Bonchev–Trinajstić information content (AvgIpc) is 2.88. The summed E-state index contributed by atoms with van der Waals surface area (Å²) >= 11 is 0. The molecule has 0 saturated heterocycles. The van der Waals surface area contributed by atoms with Gasteiger partial charge in [-0.2, -0.15) is 5.10 Å². The Labute approximate surface area is 108 Å². The zero-order valence-electron chi connectivity index (χ0n) is 11.4. The minimum atomic E-state index is -0.0652. The van der Waals surface area contributed by atoms with E-state index in [2.05, 4.69) is 15.7 Å². The van der Waals surface area contributed by atoms with Crippen molar-refractivity contribution in [1.82, 2.24) is 20.4 Å². The molecule has 0 bridgehead atoms. The Morgan fingerprint density at radius 1 is 1.39 bits per heavy atom. The molecular weight excluding hydrogens is 228 g/mol. The van der Waals surface area contributed by atoms with E-state index in [1.54, 1.807) is 0 Å². The van der Waals surface area contributed by atoms with Crippen LogP contribution in [0.5, 0.6) is 0 Å². The topological polar surface area (TPSA) is 59.0 Å². The van der Waals surface area contributed by atoms with Crippen LogP contribution < -0.4 is 10.6 Å². The molecule has 1 fully saturated rings. The molecule has 1 saturated carbocycles. The number of carbonyl (C=O) groups is 1. The first-order chi connectivity index (χ1) is 8.58. The van der Waals surface area contributed by atoms with E-state index in [0.717, 1.165) is 29.8 Å². The molecule has 1 aromatic heterocycles. The smallest absolute Gasteiger partial charge is 0.315 e. The lowest BCUT2D eigenvalue weighted by Gasteiger charge is -2.13. The maximum absolute atomic E-state index is 11.8. The zero-order valence-corrected chi connectivity index (χ0v) is 11.4. The first-order valence-electron chi connectivity index (χ1n) is 6.61. The first kappa shape index (κ1) is 12.9. The molecule has 1 heterocycles. The Hall–Kier alpha value is -1.52. The largest absolute Gasteiger partial charge is 0.335 e. The summed E-state index contributed by atoms with van der Waals surface area (Å²) in [7, 11) is 1.92. The lowest BCUT2D eigenvalue weighted by molar-refractivity contribution is 0.236. The normalized spacial score (nSPS) is 15.9. The average molecular weight is 250 g/mol. The lowest BCUT2D eigenvalue weighted by atomic mass is 10.2. The molecular formula is C13H22N4O. The van der Waals surface area contributed by atoms with Crippen molar-refractivity contribution in [2.75, 3.05) is 0 Å². The van der Waals surface area contributed by atoms with Gasteiger partial charge in [0.25, 0.3) is 0 Å². The minimum absolute atomic E-state index is 0.0652. The maximum Gasteiger partial charge on any atom is 0.315 e. The SMILES string of the molecule is Cc1nn(C)c(C)c1CNC(=O)NC1CCCC1. The van der Waals surface area contributed by atoms with Crippen molar-refractivity contribution in [1.29, 1.82) is 0 Å². The zero-order chi connectivity index (χ0) is 13.1. The van der Waals surface area contributed by atoms with Gasteiger partial charge in [-0.3, -0.25) is 4.68 Å². The van der Waals surface area contributed by atoms with E-state index >= 15 is 0 Å². The quantitative estimate of drug-likeness (QED) is 0.859. The standard InChI is InChI=1S/C13H22N4O/c1-9-12(10(2)17(3)16-9)8-14-13(18)15-11-6-4-5-7-11/h11H,4-8H2,1-3H3,(H2,14,15,18). The molecule has 2 amide bonds. The molecule has 0 radical (unpaired) electrons. The highest BCUT2D eigenvalue weighted by molar-refractivity contribution is 5.74. The number of urea groups is 1. The van der Waals surface area contributed by atoms with Crippen molar-refractivity contribution in [2.24, 2.45) is 7.05 Å². The van der Waals surface area contributed by atoms with E-state index in [-0.39, 0.29) is 6.03 Å². The summed E-state index contributed by atoms with van der Waals surface area (Å²) in [5.41, 5.74) is 3.20. The van der Waals surface area contributed by atoms with Crippen LogP contribution in [0.1, 0.15) is 42.6 Å². The lowest BCUT2D eigenvalue weighted by Crippen LogP contribution is -2.40. The fourth-order valence-electron chi connectivity index (χ4n) is 2.55. The maximum atomic E-state index is 11.8. The Balaban J connectivity index is 1.85. The van der Waals surface area contributed by atoms with Crippen LogP contribution in [0, 0.1) is 13.8 Å². The van der Waals surface area contributed by atoms with Crippen molar-refractivity contribution < 1.29 is 4.79 Å². The van der Waals surface area contributed by atoms with Crippen LogP contribution in [-0.2, 0) is 13.6 Å². The third-order valence-electron chi connectivity index (χ3n) is 3.77. The molecule has 1 aliphatic rings. The van der Waals surface area contributed by atoms with E-state index in [1.165, 1.54) is 12.8 Å². The summed E-state index contributed by atoms with van der Waals surface area (Å²) in [6.07, 6.45) is 4.67. The molecule has 0 unspecified atom stereocenters. The van der Waals surface area contributed by atoms with E-state index in [4.69, 9.17) is 0 Å². The van der Waals surface area contributed by atoms with Gasteiger partial charge < -0.3 is 10.6 Å². The van der Waals surface area contributed by atoms with E-state index in [9.17, 15) is 4.79 Å². The number of nitrogens with zero attached hydrogens (tertiary/aromatic N) is 2. The van der Waals surface area contributed by atoms with E-state index in [1.807, 2.05) is 25.6 Å². The van der Waals surface area contributed by atoms with Gasteiger partial charge in [0.2, 0.25) is 0 Å². The van der Waals surface area contributed by atoms with Crippen LogP contribution in [0.15, 0.2) is 0 Å². The molecule has 100 valence electrons. The Morgan fingerprint density at radius 2 is 2.06 bits per heavy atom. The van der Waals surface area contributed by atoms with Gasteiger partial charge in [-0.25, -0.2) is 4.79 Å². The van der Waals surface area contributed by atoms with Crippen molar-refractivity contribution in [3.05, 3.63) is 17.0 Å². The van der Waals surface area contributed by atoms with Gasteiger partial charge in [-0.1, -0.05) is 12.8 Å². The van der Waals surface area contributed by atoms with Gasteiger partial charge in [-0.05, 0) is 26.7 Å². The number of carbonyl (C=O) groups excluding carboxylic acids is 1. The second kappa shape index (κ2) is 5.42. The highest BCUT2D eigenvalue weighted by Gasteiger charge is 2.17. The molecule has 1 aromatic rings. The van der Waals surface area contributed by atoms with Crippen LogP contribution in [0.3, 0.4) is 0 Å². The second-order valence-corrected chi connectivity index (χ2v) is 5.08. The molecule has 1 aliphatic carbocycles. The first-order valence-corrected chi connectivity index (χ1v) is 6.61. The number of nitrogens with one attached hydrogen (secondary N) is 2. The monoisotopic (exact) mass is 250 g/mol. The van der Waals surface area contributed by atoms with Gasteiger partial charge >= 0.3 is 6.03 Å². The minimum Gasteiger partial charge on any atom is -0.335 e. The van der Waals surface area contributed by atoms with Gasteiger partial charge in [0.1, 0.15) is 0 Å². The predicted molar refractivity (Wildman–Crippen MR) is 70.3 cm³/mol. The third kappa shape index (κ3) is 2.83. The molecule has 5 heteroatoms. The summed E-state index contributed by atoms with van der Waals surface area (Å²) in [5, 5.41) is 10.3. The Kier molecular flexibility index (Phi) is 3.89. The molecule has 0 aromatic carbocycles. The molecule has 2 N–H and O–H groups in total. The third-order valence-corrected chi connectivity index (χ3v) is 3.77. The number of hydrogen-bond acceptors (Lipinski definition) is 2. The number of aromatic nitrogens is 2. The van der Waals surface area contributed by atoms with Gasteiger partial charge in [0.05, 0.1) is 5.69 Å². The summed E-state index contributed by atoms with van der Waals surface area (Å²) in [6.45, 7) is 4.54. The fourth-order valence-corrected chi connectivity index (χ4v) is 2.55. The molecule has 0 spiro atoms. The van der Waals surface area contributed by atoms with Crippen LogP contribution in [0.25, 0.3) is 0 Å². The molecule has 2 rings (SSSR count). The van der Waals surface area contributed by atoms with Crippen LogP contribution in [0.2, 0.25) is 0 Å². The predicted octanol–water partition coefficient (Wildman–Crippen LogP) is 1.78. The van der Waals surface area contributed by atoms with Crippen LogP contribution in [-0.4, -0.2) is 21.9 Å². The highest BCUT2D eigenvalue weighted by atomic mass is 16.2. The highest BCUT2D eigenvalue weighted by Crippen LogP contribution is 2.17. The van der Waals surface area contributed by atoms with Gasteiger partial charge in [0, 0.05) is 30.9 Å². The second-order valence-electron chi connectivity index (χ2n) is 5.08. The van der Waals surface area contributed by atoms with E-state index in [0.29, 0.717) is 12.6 Å². The van der Waals surface area contributed by atoms with Crippen molar-refractivity contribution in [2.45, 2.75) is 52.1 Å². The number of amides is 2. The number of aryl methyl sites for hydroxylation is 2. The van der Waals surface area contributed by atoms with E-state index < -0.39 is 0 Å². The molecule has 5 nitrogen and oxygen atoms in total. The van der Waals surface area contributed by atoms with Crippen molar-refractivity contribution >= 4 is 6.03 Å². The number of rotatable bonds is 3. The summed E-state index contributed by atoms with van der Waals surface area (Å²) in [5.74, 6) is 0. The fraction of sp³-hybridized carbons (Fsp3) is 0.692. The molecule has 0 aliphatic heterocycles.